The van der Waals surface area contributed by atoms with Crippen molar-refractivity contribution in [3.05, 3.63) is 29.3 Å². The van der Waals surface area contributed by atoms with E-state index in [0.29, 0.717) is 18.2 Å². The van der Waals surface area contributed by atoms with Crippen LogP contribution >= 0.6 is 0 Å². The molecule has 148 valence electrons. The molecular formula is C20H34N2O3S. The van der Waals surface area contributed by atoms with Gasteiger partial charge in [-0.1, -0.05) is 45.2 Å². The van der Waals surface area contributed by atoms with Crippen molar-refractivity contribution in [1.29, 1.82) is 0 Å². The summed E-state index contributed by atoms with van der Waals surface area (Å²) < 4.78 is 26.1. The predicted octanol–water partition coefficient (Wildman–Crippen LogP) is 3.79. The highest BCUT2D eigenvalue weighted by atomic mass is 32.2. The minimum atomic E-state index is -3.59. The van der Waals surface area contributed by atoms with Crippen LogP contribution in [-0.2, 0) is 14.8 Å². The minimum absolute atomic E-state index is 0.258. The zero-order chi connectivity index (χ0) is 19.9. The Morgan fingerprint density at radius 3 is 2.42 bits per heavy atom. The van der Waals surface area contributed by atoms with E-state index in [4.69, 9.17) is 0 Å². The molecule has 2 atom stereocenters. The molecule has 0 spiro atoms. The van der Waals surface area contributed by atoms with Crippen LogP contribution in [0.4, 0.5) is 5.69 Å². The van der Waals surface area contributed by atoms with Crippen LogP contribution in [0.3, 0.4) is 0 Å². The average molecular weight is 383 g/mol. The number of amides is 1. The Kier molecular flexibility index (Phi) is 8.60. The molecule has 0 saturated carbocycles. The molecule has 0 radical (unpaired) electrons. The molecule has 0 unspecified atom stereocenters. The first kappa shape index (κ1) is 22.5. The predicted molar refractivity (Wildman–Crippen MR) is 109 cm³/mol. The number of nitrogens with one attached hydrogen (secondary N) is 1. The maximum Gasteiger partial charge on any atom is 0.243 e. The van der Waals surface area contributed by atoms with Gasteiger partial charge in [0.1, 0.15) is 6.04 Å². The number of carbonyl (C=O) groups excluding carboxylic acids is 1. The van der Waals surface area contributed by atoms with Crippen LogP contribution in [0.1, 0.15) is 57.6 Å². The zero-order valence-electron chi connectivity index (χ0n) is 17.0. The van der Waals surface area contributed by atoms with Crippen LogP contribution in [0.2, 0.25) is 0 Å². The SMILES string of the molecule is CCCC[C@@H](CC)CNC(=O)[C@@H](C)N(c1cc(C)ccc1C)S(C)(=O)=O. The first-order valence-corrected chi connectivity index (χ1v) is 11.3. The Balaban J connectivity index is 2.98. The molecule has 0 heterocycles. The highest BCUT2D eigenvalue weighted by molar-refractivity contribution is 7.92. The molecule has 6 heteroatoms. The summed E-state index contributed by atoms with van der Waals surface area (Å²) in [5, 5.41) is 2.95. The summed E-state index contributed by atoms with van der Waals surface area (Å²) in [6.45, 7) is 10.3. The molecule has 0 aromatic heterocycles. The van der Waals surface area contributed by atoms with Crippen molar-refractivity contribution in [1.82, 2.24) is 5.32 Å². The van der Waals surface area contributed by atoms with E-state index in [1.54, 1.807) is 6.92 Å². The van der Waals surface area contributed by atoms with Crippen LogP contribution in [-0.4, -0.2) is 33.2 Å². The zero-order valence-corrected chi connectivity index (χ0v) is 17.8. The Morgan fingerprint density at radius 1 is 1.23 bits per heavy atom. The standard InChI is InChI=1S/C20H34N2O3S/c1-7-9-10-18(8-2)14-21-20(23)17(5)22(26(6,24)25)19-13-15(3)11-12-16(19)4/h11-13,17-18H,7-10,14H2,1-6H3,(H,21,23)/t17-,18-/m1/s1. The lowest BCUT2D eigenvalue weighted by molar-refractivity contribution is -0.122. The molecule has 1 aromatic carbocycles. The summed E-state index contributed by atoms with van der Waals surface area (Å²) in [4.78, 5) is 12.7. The molecule has 0 aliphatic carbocycles. The Bertz CT molecular complexity index is 701. The van der Waals surface area contributed by atoms with Gasteiger partial charge in [0, 0.05) is 6.54 Å². The molecule has 5 nitrogen and oxygen atoms in total. The molecule has 1 N–H and O–H groups in total. The minimum Gasteiger partial charge on any atom is -0.354 e. The van der Waals surface area contributed by atoms with Crippen molar-refractivity contribution < 1.29 is 13.2 Å². The van der Waals surface area contributed by atoms with Gasteiger partial charge in [0.2, 0.25) is 15.9 Å². The highest BCUT2D eigenvalue weighted by Gasteiger charge is 2.30. The highest BCUT2D eigenvalue weighted by Crippen LogP contribution is 2.26. The number of rotatable bonds is 10. The van der Waals surface area contributed by atoms with E-state index in [2.05, 4.69) is 19.2 Å². The second-order valence-corrected chi connectivity index (χ2v) is 9.05. The second kappa shape index (κ2) is 9.95. The average Bonchev–Trinajstić information content (AvgIpc) is 2.56. The van der Waals surface area contributed by atoms with Gasteiger partial charge in [-0.25, -0.2) is 8.42 Å². The number of hydrogen-bond acceptors (Lipinski definition) is 3. The lowest BCUT2D eigenvalue weighted by Crippen LogP contribution is -2.49. The number of anilines is 1. The third-order valence-corrected chi connectivity index (χ3v) is 6.03. The molecule has 0 saturated heterocycles. The van der Waals surface area contributed by atoms with Gasteiger partial charge in [-0.15, -0.1) is 0 Å². The molecule has 0 aliphatic heterocycles. The lowest BCUT2D eigenvalue weighted by atomic mass is 9.99. The summed E-state index contributed by atoms with van der Waals surface area (Å²) in [6.07, 6.45) is 5.50. The molecule has 1 rings (SSSR count). The van der Waals surface area contributed by atoms with E-state index in [9.17, 15) is 13.2 Å². The quantitative estimate of drug-likeness (QED) is 0.669. The summed E-state index contributed by atoms with van der Waals surface area (Å²) in [5.41, 5.74) is 2.35. The smallest absolute Gasteiger partial charge is 0.243 e. The normalized spacial score (nSPS) is 13.9. The van der Waals surface area contributed by atoms with Gasteiger partial charge in [0.25, 0.3) is 0 Å². The maximum atomic E-state index is 12.7. The molecule has 26 heavy (non-hydrogen) atoms. The molecule has 0 fully saturated rings. The number of carbonyl (C=O) groups is 1. The molecule has 1 amide bonds. The van der Waals surface area contributed by atoms with E-state index in [-0.39, 0.29) is 5.91 Å². The summed E-state index contributed by atoms with van der Waals surface area (Å²) in [5.74, 6) is 0.171. The molecule has 0 aliphatic rings. The van der Waals surface area contributed by atoms with E-state index < -0.39 is 16.1 Å². The third-order valence-electron chi connectivity index (χ3n) is 4.80. The topological polar surface area (TPSA) is 66.5 Å². The van der Waals surface area contributed by atoms with Crippen LogP contribution in [0, 0.1) is 19.8 Å². The fourth-order valence-corrected chi connectivity index (χ4v) is 4.30. The fraction of sp³-hybridized carbons (Fsp3) is 0.650. The summed E-state index contributed by atoms with van der Waals surface area (Å²) >= 11 is 0. The molecular weight excluding hydrogens is 348 g/mol. The van der Waals surface area contributed by atoms with Gasteiger partial charge in [-0.2, -0.15) is 0 Å². The molecule has 0 bridgehead atoms. The van der Waals surface area contributed by atoms with Crippen molar-refractivity contribution in [3.8, 4) is 0 Å². The number of hydrogen-bond donors (Lipinski definition) is 1. The largest absolute Gasteiger partial charge is 0.354 e. The van der Waals surface area contributed by atoms with E-state index in [1.807, 2.05) is 32.0 Å². The van der Waals surface area contributed by atoms with E-state index in [1.165, 1.54) is 4.31 Å². The summed E-state index contributed by atoms with van der Waals surface area (Å²) in [6, 6.07) is 4.83. The van der Waals surface area contributed by atoms with Gasteiger partial charge in [0.15, 0.2) is 0 Å². The van der Waals surface area contributed by atoms with Gasteiger partial charge < -0.3 is 5.32 Å². The Hall–Kier alpha value is -1.56. The Morgan fingerprint density at radius 2 is 1.88 bits per heavy atom. The van der Waals surface area contributed by atoms with Crippen molar-refractivity contribution >= 4 is 21.6 Å². The van der Waals surface area contributed by atoms with Gasteiger partial charge >= 0.3 is 0 Å². The fourth-order valence-electron chi connectivity index (χ4n) is 3.07. The van der Waals surface area contributed by atoms with Gasteiger partial charge in [0.05, 0.1) is 11.9 Å². The first-order chi connectivity index (χ1) is 12.1. The summed E-state index contributed by atoms with van der Waals surface area (Å²) in [7, 11) is -3.59. The maximum absolute atomic E-state index is 12.7. The Labute approximate surface area is 159 Å². The van der Waals surface area contributed by atoms with Gasteiger partial charge in [-0.3, -0.25) is 9.10 Å². The van der Waals surface area contributed by atoms with Crippen molar-refractivity contribution in [3.63, 3.8) is 0 Å². The van der Waals surface area contributed by atoms with Crippen LogP contribution in [0.15, 0.2) is 18.2 Å². The van der Waals surface area contributed by atoms with Crippen molar-refractivity contribution in [2.45, 2.75) is 66.3 Å². The molecule has 1 aromatic rings. The number of benzene rings is 1. The second-order valence-electron chi connectivity index (χ2n) is 7.19. The first-order valence-electron chi connectivity index (χ1n) is 9.46. The van der Waals surface area contributed by atoms with Gasteiger partial charge in [-0.05, 0) is 50.3 Å². The van der Waals surface area contributed by atoms with Crippen molar-refractivity contribution in [2.24, 2.45) is 5.92 Å². The monoisotopic (exact) mass is 382 g/mol. The number of nitrogens with zero attached hydrogens (tertiary/aromatic N) is 1. The lowest BCUT2D eigenvalue weighted by Gasteiger charge is -2.30. The third kappa shape index (κ3) is 6.31. The number of sulfonamides is 1. The van der Waals surface area contributed by atoms with E-state index in [0.717, 1.165) is 43.1 Å². The number of unbranched alkanes of at least 4 members (excludes halogenated alkanes) is 1. The van der Waals surface area contributed by atoms with Crippen molar-refractivity contribution in [2.75, 3.05) is 17.1 Å². The van der Waals surface area contributed by atoms with Crippen LogP contribution in [0.25, 0.3) is 0 Å². The number of aryl methyl sites for hydroxylation is 2. The van der Waals surface area contributed by atoms with Crippen LogP contribution < -0.4 is 9.62 Å². The van der Waals surface area contributed by atoms with E-state index >= 15 is 0 Å². The van der Waals surface area contributed by atoms with Crippen LogP contribution in [0.5, 0.6) is 0 Å².